The molecule has 0 aliphatic rings. The fourth-order valence-corrected chi connectivity index (χ4v) is 4.28. The predicted molar refractivity (Wildman–Crippen MR) is 138 cm³/mol. The number of carboxylic acids is 1. The van der Waals surface area contributed by atoms with Gasteiger partial charge in [-0.3, -0.25) is 4.98 Å². The maximum Gasteiger partial charge on any atom is 0.337 e. The van der Waals surface area contributed by atoms with Gasteiger partial charge in [0.05, 0.1) is 53.3 Å². The summed E-state index contributed by atoms with van der Waals surface area (Å²) < 4.78 is 14.4. The van der Waals surface area contributed by atoms with Crippen LogP contribution in [0.5, 0.6) is 5.88 Å². The van der Waals surface area contributed by atoms with E-state index in [0.717, 1.165) is 23.9 Å². The maximum atomic E-state index is 11.9. The molecule has 0 bridgehead atoms. The Morgan fingerprint density at radius 1 is 1.16 bits per heavy atom. The minimum atomic E-state index is -1.01. The minimum absolute atomic E-state index is 0.163. The number of pyridine rings is 1. The standard InChI is InChI=1S/C26H30N6O5/c1-15(14-32-22-12-17(25(35)36-4)7-8-20(22)30-26(32)27)6-5-9-37-23-19(13-28-31(23)3)21-11-18(24(33)34)10-16(2)29-21/h7-8,10-13,15H,5-6,9,14H2,1-4H3,(H2,27,30)(H,33,34)/t15-/m1/s1. The van der Waals surface area contributed by atoms with E-state index >= 15 is 0 Å². The number of carbonyl (C=O) groups is 2. The molecule has 0 saturated carbocycles. The van der Waals surface area contributed by atoms with E-state index in [1.54, 1.807) is 43.0 Å². The van der Waals surface area contributed by atoms with E-state index in [1.807, 2.05) is 4.57 Å². The zero-order valence-electron chi connectivity index (χ0n) is 21.3. The van der Waals surface area contributed by atoms with Crippen LogP contribution in [0, 0.1) is 12.8 Å². The fraction of sp³-hybridized carbons (Fsp3) is 0.346. The number of fused-ring (bicyclic) bond motifs is 1. The Kier molecular flexibility index (Phi) is 7.42. The number of nitrogens with two attached hydrogens (primary N) is 1. The molecular formula is C26H30N6O5. The van der Waals surface area contributed by atoms with E-state index in [1.165, 1.54) is 19.2 Å². The summed E-state index contributed by atoms with van der Waals surface area (Å²) >= 11 is 0. The highest BCUT2D eigenvalue weighted by Crippen LogP contribution is 2.29. The molecule has 1 aromatic carbocycles. The first-order valence-corrected chi connectivity index (χ1v) is 11.9. The minimum Gasteiger partial charge on any atom is -0.478 e. The highest BCUT2D eigenvalue weighted by Gasteiger charge is 2.18. The summed E-state index contributed by atoms with van der Waals surface area (Å²) in [6.45, 7) is 4.95. The van der Waals surface area contributed by atoms with Crippen LogP contribution in [-0.4, -0.2) is 55.1 Å². The number of aryl methyl sites for hydroxylation is 2. The number of nitrogen functional groups attached to an aromatic ring is 1. The van der Waals surface area contributed by atoms with E-state index in [9.17, 15) is 14.7 Å². The summed E-state index contributed by atoms with van der Waals surface area (Å²) in [5.41, 5.74) is 10.0. The van der Waals surface area contributed by atoms with Crippen molar-refractivity contribution in [3.05, 3.63) is 53.3 Å². The molecule has 3 N–H and O–H groups in total. The summed E-state index contributed by atoms with van der Waals surface area (Å²) in [5.74, 6) is -0.242. The van der Waals surface area contributed by atoms with Crippen molar-refractivity contribution in [1.82, 2.24) is 24.3 Å². The fourth-order valence-electron chi connectivity index (χ4n) is 4.28. The number of nitrogens with zero attached hydrogens (tertiary/aromatic N) is 5. The number of esters is 1. The molecule has 0 unspecified atom stereocenters. The Labute approximate surface area is 213 Å². The number of benzene rings is 1. The first-order valence-electron chi connectivity index (χ1n) is 11.9. The van der Waals surface area contributed by atoms with Gasteiger partial charge in [-0.1, -0.05) is 6.92 Å². The van der Waals surface area contributed by atoms with E-state index in [2.05, 4.69) is 22.0 Å². The molecular weight excluding hydrogens is 476 g/mol. The third-order valence-corrected chi connectivity index (χ3v) is 6.13. The normalized spacial score (nSPS) is 12.0. The van der Waals surface area contributed by atoms with Crippen LogP contribution in [0.3, 0.4) is 0 Å². The number of hydrogen-bond acceptors (Lipinski definition) is 8. The number of ether oxygens (including phenoxy) is 2. The number of rotatable bonds is 10. The van der Waals surface area contributed by atoms with Crippen molar-refractivity contribution < 1.29 is 24.2 Å². The third-order valence-electron chi connectivity index (χ3n) is 6.13. The van der Waals surface area contributed by atoms with Crippen LogP contribution >= 0.6 is 0 Å². The molecule has 11 heteroatoms. The molecule has 37 heavy (non-hydrogen) atoms. The molecule has 0 aliphatic carbocycles. The molecule has 0 spiro atoms. The van der Waals surface area contributed by atoms with Crippen molar-refractivity contribution >= 4 is 28.9 Å². The summed E-state index contributed by atoms with van der Waals surface area (Å²) in [5, 5.41) is 13.7. The lowest BCUT2D eigenvalue weighted by molar-refractivity contribution is 0.0600. The Morgan fingerprint density at radius 2 is 1.95 bits per heavy atom. The summed E-state index contributed by atoms with van der Waals surface area (Å²) in [7, 11) is 3.12. The zero-order valence-corrected chi connectivity index (χ0v) is 21.3. The van der Waals surface area contributed by atoms with Crippen molar-refractivity contribution in [3.63, 3.8) is 0 Å². The van der Waals surface area contributed by atoms with E-state index in [4.69, 9.17) is 15.2 Å². The molecule has 0 aliphatic heterocycles. The van der Waals surface area contributed by atoms with Crippen LogP contribution in [0.4, 0.5) is 5.95 Å². The van der Waals surface area contributed by atoms with Gasteiger partial charge in [0.15, 0.2) is 0 Å². The zero-order chi connectivity index (χ0) is 26.7. The van der Waals surface area contributed by atoms with Crippen LogP contribution < -0.4 is 10.5 Å². The Balaban J connectivity index is 1.40. The van der Waals surface area contributed by atoms with E-state index in [-0.39, 0.29) is 11.5 Å². The topological polar surface area (TPSA) is 147 Å². The number of anilines is 1. The molecule has 4 rings (SSSR count). The van der Waals surface area contributed by atoms with Crippen LogP contribution in [0.2, 0.25) is 0 Å². The largest absolute Gasteiger partial charge is 0.478 e. The smallest absolute Gasteiger partial charge is 0.337 e. The molecule has 0 amide bonds. The van der Waals surface area contributed by atoms with Gasteiger partial charge in [-0.25, -0.2) is 19.3 Å². The first-order chi connectivity index (χ1) is 17.7. The Morgan fingerprint density at radius 3 is 2.68 bits per heavy atom. The molecule has 0 saturated heterocycles. The van der Waals surface area contributed by atoms with Gasteiger partial charge in [0.1, 0.15) is 0 Å². The van der Waals surface area contributed by atoms with E-state index in [0.29, 0.717) is 47.5 Å². The molecule has 4 aromatic rings. The first kappa shape index (κ1) is 25.7. The van der Waals surface area contributed by atoms with Gasteiger partial charge in [-0.2, -0.15) is 5.10 Å². The SMILES string of the molecule is COC(=O)c1ccc2nc(N)n(C[C@H](C)CCCOc3c(-c4cc(C(=O)O)cc(C)n4)cnn3C)c2c1. The Bertz CT molecular complexity index is 1460. The van der Waals surface area contributed by atoms with Crippen molar-refractivity contribution in [3.8, 4) is 17.1 Å². The summed E-state index contributed by atoms with van der Waals surface area (Å²) in [4.78, 5) is 32.3. The third kappa shape index (κ3) is 5.55. The number of carbonyl (C=O) groups excluding carboxylic acids is 1. The number of methoxy groups -OCH3 is 1. The molecule has 0 fully saturated rings. The van der Waals surface area contributed by atoms with Gasteiger partial charge in [0.25, 0.3) is 0 Å². The number of aromatic nitrogens is 5. The van der Waals surface area contributed by atoms with Gasteiger partial charge >= 0.3 is 11.9 Å². The highest BCUT2D eigenvalue weighted by molar-refractivity contribution is 5.94. The van der Waals surface area contributed by atoms with Crippen LogP contribution in [-0.2, 0) is 18.3 Å². The van der Waals surface area contributed by atoms with Crippen molar-refractivity contribution in [2.75, 3.05) is 19.5 Å². The summed E-state index contributed by atoms with van der Waals surface area (Å²) in [6, 6.07) is 8.23. The van der Waals surface area contributed by atoms with Crippen molar-refractivity contribution in [2.45, 2.75) is 33.2 Å². The molecule has 1 atom stereocenters. The number of imidazole rings is 1. The van der Waals surface area contributed by atoms with Crippen LogP contribution in [0.25, 0.3) is 22.3 Å². The number of aromatic carboxylic acids is 1. The molecule has 3 heterocycles. The number of carboxylic acid groups (broad SMARTS) is 1. The molecule has 194 valence electrons. The van der Waals surface area contributed by atoms with Gasteiger partial charge in [-0.15, -0.1) is 0 Å². The second-order valence-corrected chi connectivity index (χ2v) is 9.05. The highest BCUT2D eigenvalue weighted by atomic mass is 16.5. The van der Waals surface area contributed by atoms with Crippen LogP contribution in [0.15, 0.2) is 36.5 Å². The second-order valence-electron chi connectivity index (χ2n) is 9.05. The monoisotopic (exact) mass is 506 g/mol. The van der Waals surface area contributed by atoms with Gasteiger partial charge in [0, 0.05) is 19.3 Å². The lowest BCUT2D eigenvalue weighted by Gasteiger charge is -2.15. The average Bonchev–Trinajstić information content (AvgIpc) is 3.39. The molecule has 3 aromatic heterocycles. The van der Waals surface area contributed by atoms with Crippen LogP contribution in [0.1, 0.15) is 46.2 Å². The molecule has 11 nitrogen and oxygen atoms in total. The lowest BCUT2D eigenvalue weighted by Crippen LogP contribution is -2.12. The quantitative estimate of drug-likeness (QED) is 0.243. The molecule has 0 radical (unpaired) electrons. The Hall–Kier alpha value is -4.41. The van der Waals surface area contributed by atoms with Gasteiger partial charge in [0.2, 0.25) is 11.8 Å². The lowest BCUT2D eigenvalue weighted by atomic mass is 10.1. The van der Waals surface area contributed by atoms with Crippen molar-refractivity contribution in [2.24, 2.45) is 13.0 Å². The van der Waals surface area contributed by atoms with Gasteiger partial charge < -0.3 is 24.9 Å². The van der Waals surface area contributed by atoms with E-state index < -0.39 is 11.9 Å². The van der Waals surface area contributed by atoms with Gasteiger partial charge in [-0.05, 0) is 56.0 Å². The average molecular weight is 507 g/mol. The maximum absolute atomic E-state index is 11.9. The summed E-state index contributed by atoms with van der Waals surface area (Å²) in [6.07, 6.45) is 3.25. The van der Waals surface area contributed by atoms with Crippen molar-refractivity contribution in [1.29, 1.82) is 0 Å². The number of hydrogen-bond donors (Lipinski definition) is 2. The predicted octanol–water partition coefficient (Wildman–Crippen LogP) is 3.70. The second kappa shape index (κ2) is 10.7.